The van der Waals surface area contributed by atoms with E-state index in [1.165, 1.54) is 44.9 Å². The molecule has 0 saturated heterocycles. The molecule has 0 atom stereocenters. The van der Waals surface area contributed by atoms with Crippen LogP contribution in [0, 0.1) is 11.3 Å². The number of hydrogen-bond donors (Lipinski definition) is 1. The predicted molar refractivity (Wildman–Crippen MR) is 96.0 cm³/mol. The molecule has 0 aromatic heterocycles. The van der Waals surface area contributed by atoms with Crippen LogP contribution in [0.15, 0.2) is 18.2 Å². The number of nitriles is 1. The molecule has 24 heavy (non-hydrogen) atoms. The Balaban J connectivity index is 1.52. The quantitative estimate of drug-likeness (QED) is 0.834. The number of halogens is 1. The molecule has 2 aliphatic carbocycles. The highest BCUT2D eigenvalue weighted by molar-refractivity contribution is 6.32. The van der Waals surface area contributed by atoms with Gasteiger partial charge in [-0.3, -0.25) is 9.69 Å². The van der Waals surface area contributed by atoms with Crippen LogP contribution in [0.25, 0.3) is 0 Å². The van der Waals surface area contributed by atoms with Crippen molar-refractivity contribution in [1.82, 2.24) is 4.90 Å². The summed E-state index contributed by atoms with van der Waals surface area (Å²) in [6, 6.07) is 8.39. The molecular formula is C19H24ClN3O. The highest BCUT2D eigenvalue weighted by atomic mass is 35.5. The van der Waals surface area contributed by atoms with Gasteiger partial charge in [-0.2, -0.15) is 5.26 Å². The maximum absolute atomic E-state index is 12.3. The largest absolute Gasteiger partial charge is 0.326 e. The van der Waals surface area contributed by atoms with Gasteiger partial charge in [-0.1, -0.05) is 30.9 Å². The first-order valence-electron chi connectivity index (χ1n) is 8.92. The van der Waals surface area contributed by atoms with Gasteiger partial charge in [0.25, 0.3) is 0 Å². The van der Waals surface area contributed by atoms with Gasteiger partial charge in [0.2, 0.25) is 5.91 Å². The van der Waals surface area contributed by atoms with E-state index >= 15 is 0 Å². The lowest BCUT2D eigenvalue weighted by Crippen LogP contribution is -2.40. The zero-order valence-corrected chi connectivity index (χ0v) is 14.7. The molecule has 0 unspecified atom stereocenters. The van der Waals surface area contributed by atoms with Crippen molar-refractivity contribution in [3.63, 3.8) is 0 Å². The molecule has 128 valence electrons. The first-order valence-corrected chi connectivity index (χ1v) is 9.30. The van der Waals surface area contributed by atoms with Gasteiger partial charge >= 0.3 is 0 Å². The third-order valence-corrected chi connectivity index (χ3v) is 5.34. The molecule has 0 heterocycles. The van der Waals surface area contributed by atoms with Crippen molar-refractivity contribution < 1.29 is 4.79 Å². The number of benzene rings is 1. The van der Waals surface area contributed by atoms with E-state index in [4.69, 9.17) is 16.9 Å². The van der Waals surface area contributed by atoms with Gasteiger partial charge in [0.15, 0.2) is 0 Å². The lowest BCUT2D eigenvalue weighted by atomic mass is 9.94. The second-order valence-corrected chi connectivity index (χ2v) is 7.27. The lowest BCUT2D eigenvalue weighted by molar-refractivity contribution is -0.116. The molecule has 1 N–H and O–H groups in total. The van der Waals surface area contributed by atoms with Crippen LogP contribution in [-0.4, -0.2) is 29.4 Å². The average molecular weight is 346 g/mol. The van der Waals surface area contributed by atoms with Crippen molar-refractivity contribution in [3.8, 4) is 6.07 Å². The summed E-state index contributed by atoms with van der Waals surface area (Å²) in [5.74, 6) is 0.0113. The number of amides is 1. The van der Waals surface area contributed by atoms with Crippen molar-refractivity contribution in [2.45, 2.75) is 63.5 Å². The Labute approximate surface area is 148 Å². The number of nitrogens with zero attached hydrogens (tertiary/aromatic N) is 2. The van der Waals surface area contributed by atoms with E-state index in [-0.39, 0.29) is 5.91 Å². The number of rotatable bonds is 6. The van der Waals surface area contributed by atoms with Crippen LogP contribution in [0.2, 0.25) is 5.02 Å². The summed E-state index contributed by atoms with van der Waals surface area (Å²) in [5, 5.41) is 12.2. The van der Waals surface area contributed by atoms with E-state index in [1.807, 2.05) is 6.07 Å². The zero-order chi connectivity index (χ0) is 16.9. The fourth-order valence-corrected chi connectivity index (χ4v) is 3.84. The van der Waals surface area contributed by atoms with E-state index in [0.717, 1.165) is 6.54 Å². The first kappa shape index (κ1) is 17.3. The van der Waals surface area contributed by atoms with Crippen molar-refractivity contribution >= 4 is 23.2 Å². The molecule has 0 bridgehead atoms. The Morgan fingerprint density at radius 2 is 1.92 bits per heavy atom. The Hall–Kier alpha value is -1.57. The van der Waals surface area contributed by atoms with Gasteiger partial charge in [0.05, 0.1) is 10.6 Å². The predicted octanol–water partition coefficient (Wildman–Crippen LogP) is 4.34. The molecule has 1 aromatic carbocycles. The third-order valence-electron chi connectivity index (χ3n) is 5.03. The Morgan fingerprint density at radius 1 is 1.21 bits per heavy atom. The molecule has 2 saturated carbocycles. The summed E-state index contributed by atoms with van der Waals surface area (Å²) in [4.78, 5) is 14.8. The summed E-state index contributed by atoms with van der Waals surface area (Å²) in [6.07, 6.45) is 9.63. The summed E-state index contributed by atoms with van der Waals surface area (Å²) in [7, 11) is 0. The maximum Gasteiger partial charge on any atom is 0.225 e. The molecule has 0 spiro atoms. The highest BCUT2D eigenvalue weighted by Crippen LogP contribution is 2.33. The molecule has 0 aliphatic heterocycles. The summed E-state index contributed by atoms with van der Waals surface area (Å²) in [5.41, 5.74) is 1.08. The summed E-state index contributed by atoms with van der Waals surface area (Å²) in [6.45, 7) is 0.838. The van der Waals surface area contributed by atoms with Gasteiger partial charge in [0, 0.05) is 30.7 Å². The molecule has 4 nitrogen and oxygen atoms in total. The van der Waals surface area contributed by atoms with Crippen LogP contribution >= 0.6 is 11.6 Å². The minimum atomic E-state index is 0.0113. The van der Waals surface area contributed by atoms with E-state index in [1.54, 1.807) is 18.2 Å². The molecule has 3 rings (SSSR count). The molecule has 0 radical (unpaired) electrons. The molecule has 2 fully saturated rings. The van der Waals surface area contributed by atoms with Gasteiger partial charge in [-0.25, -0.2) is 0 Å². The molecule has 5 heteroatoms. The van der Waals surface area contributed by atoms with Crippen molar-refractivity contribution in [2.24, 2.45) is 0 Å². The lowest BCUT2D eigenvalue weighted by Gasteiger charge is -2.34. The maximum atomic E-state index is 12.3. The van der Waals surface area contributed by atoms with E-state index in [0.29, 0.717) is 34.8 Å². The first-order chi connectivity index (χ1) is 11.7. The molecular weight excluding hydrogens is 322 g/mol. The number of anilines is 1. The Morgan fingerprint density at radius 3 is 2.54 bits per heavy atom. The number of carbonyl (C=O) groups is 1. The molecule has 1 aromatic rings. The van der Waals surface area contributed by atoms with Crippen molar-refractivity contribution in [2.75, 3.05) is 11.9 Å². The van der Waals surface area contributed by atoms with Crippen LogP contribution < -0.4 is 5.32 Å². The molecule has 1 amide bonds. The number of nitrogens with one attached hydrogen (secondary N) is 1. The standard InChI is InChI=1S/C19H24ClN3O/c20-18-12-15(7-6-14(18)13-21)22-19(24)10-11-23(17-8-9-17)16-4-2-1-3-5-16/h6-7,12,16-17H,1-5,8-11H2,(H,22,24). The third kappa shape index (κ3) is 4.49. The topological polar surface area (TPSA) is 56.1 Å². The van der Waals surface area contributed by atoms with Crippen molar-refractivity contribution in [1.29, 1.82) is 5.26 Å². The van der Waals surface area contributed by atoms with Crippen LogP contribution in [0.1, 0.15) is 56.9 Å². The fraction of sp³-hybridized carbons (Fsp3) is 0.579. The van der Waals surface area contributed by atoms with Gasteiger partial charge < -0.3 is 5.32 Å². The van der Waals surface area contributed by atoms with Gasteiger partial charge in [-0.15, -0.1) is 0 Å². The zero-order valence-electron chi connectivity index (χ0n) is 13.9. The smallest absolute Gasteiger partial charge is 0.225 e. The summed E-state index contributed by atoms with van der Waals surface area (Å²) >= 11 is 6.01. The van der Waals surface area contributed by atoms with Gasteiger partial charge in [0.1, 0.15) is 6.07 Å². The van der Waals surface area contributed by atoms with Gasteiger partial charge in [-0.05, 0) is 43.9 Å². The van der Waals surface area contributed by atoms with E-state index in [9.17, 15) is 4.79 Å². The molecule has 2 aliphatic rings. The Kier molecular flexibility index (Phi) is 5.76. The minimum absolute atomic E-state index is 0.0113. The fourth-order valence-electron chi connectivity index (χ4n) is 3.62. The monoisotopic (exact) mass is 345 g/mol. The van der Waals surface area contributed by atoms with Crippen molar-refractivity contribution in [3.05, 3.63) is 28.8 Å². The Bertz CT molecular complexity index is 630. The number of carbonyl (C=O) groups excluding carboxylic acids is 1. The van der Waals surface area contributed by atoms with Crippen LogP contribution in [0.4, 0.5) is 5.69 Å². The van der Waals surface area contributed by atoms with Crippen LogP contribution in [0.5, 0.6) is 0 Å². The average Bonchev–Trinajstić information content (AvgIpc) is 3.41. The highest BCUT2D eigenvalue weighted by Gasteiger charge is 2.34. The van der Waals surface area contributed by atoms with Crippen LogP contribution in [0.3, 0.4) is 0 Å². The second kappa shape index (κ2) is 8.00. The van der Waals surface area contributed by atoms with E-state index < -0.39 is 0 Å². The SMILES string of the molecule is N#Cc1ccc(NC(=O)CCN(C2CCCCC2)C2CC2)cc1Cl. The number of hydrogen-bond acceptors (Lipinski definition) is 3. The normalized spacial score (nSPS) is 18.4. The second-order valence-electron chi connectivity index (χ2n) is 6.87. The van der Waals surface area contributed by atoms with E-state index in [2.05, 4.69) is 10.2 Å². The van der Waals surface area contributed by atoms with Crippen LogP contribution in [-0.2, 0) is 4.79 Å². The summed E-state index contributed by atoms with van der Waals surface area (Å²) < 4.78 is 0. The minimum Gasteiger partial charge on any atom is -0.326 e.